The summed E-state index contributed by atoms with van der Waals surface area (Å²) in [5.41, 5.74) is 6.23. The highest BCUT2D eigenvalue weighted by atomic mass is 79.9. The Bertz CT molecular complexity index is 157. The fraction of sp³-hybridized carbons (Fsp3) is 0.333. The Kier molecular flexibility index (Phi) is 11.3. The molecule has 0 heterocycles. The van der Waals surface area contributed by atoms with E-state index in [4.69, 9.17) is 5.73 Å². The predicted octanol–water partition coefficient (Wildman–Crippen LogP) is 3.34. The molecule has 0 aromatic carbocycles. The van der Waals surface area contributed by atoms with Gasteiger partial charge >= 0.3 is 0 Å². The molecule has 0 fully saturated rings. The zero-order chi connectivity index (χ0) is 9.28. The first-order valence-corrected chi connectivity index (χ1v) is 4.42. The van der Waals surface area contributed by atoms with Crippen LogP contribution in [0.3, 0.4) is 0 Å². The number of halogens is 1. The van der Waals surface area contributed by atoms with E-state index in [-0.39, 0.29) is 0 Å². The fourth-order valence-corrected chi connectivity index (χ4v) is 0.753. The third-order valence-electron chi connectivity index (χ3n) is 0.851. The second kappa shape index (κ2) is 9.50. The van der Waals surface area contributed by atoms with E-state index in [1.54, 1.807) is 12.2 Å². The van der Waals surface area contributed by atoms with Gasteiger partial charge < -0.3 is 5.73 Å². The molecule has 0 radical (unpaired) electrons. The normalized spacial score (nSPS) is 11.6. The summed E-state index contributed by atoms with van der Waals surface area (Å²) in [5, 5.41) is 0. The Morgan fingerprint density at radius 1 is 1.45 bits per heavy atom. The molecule has 0 rings (SSSR count). The summed E-state index contributed by atoms with van der Waals surface area (Å²) in [5.74, 6) is 0. The van der Waals surface area contributed by atoms with Crippen LogP contribution in [0.5, 0.6) is 0 Å². The molecule has 64 valence electrons. The molecule has 11 heavy (non-hydrogen) atoms. The van der Waals surface area contributed by atoms with E-state index >= 15 is 0 Å². The quantitative estimate of drug-likeness (QED) is 0.706. The van der Waals surface area contributed by atoms with Crippen LogP contribution in [0, 0.1) is 0 Å². The molecule has 0 spiro atoms. The smallest absolute Gasteiger partial charge is 0.0415 e. The topological polar surface area (TPSA) is 26.0 Å². The first kappa shape index (κ1) is 13.1. The Balaban J connectivity index is 0. The first-order valence-electron chi connectivity index (χ1n) is 3.62. The van der Waals surface area contributed by atoms with Crippen molar-refractivity contribution in [3.05, 3.63) is 35.0 Å². The van der Waals surface area contributed by atoms with Crippen LogP contribution in [0.2, 0.25) is 0 Å². The molecule has 0 aliphatic carbocycles. The van der Waals surface area contributed by atoms with Crippen LogP contribution in [0.25, 0.3) is 0 Å². The van der Waals surface area contributed by atoms with Crippen molar-refractivity contribution in [3.63, 3.8) is 0 Å². The van der Waals surface area contributed by atoms with Gasteiger partial charge in [0.1, 0.15) is 0 Å². The average Bonchev–Trinajstić information content (AvgIpc) is 2.07. The van der Waals surface area contributed by atoms with Gasteiger partial charge in [-0.15, -0.1) is 0 Å². The van der Waals surface area contributed by atoms with Crippen LogP contribution in [0.1, 0.15) is 20.8 Å². The van der Waals surface area contributed by atoms with Crippen LogP contribution in [-0.2, 0) is 0 Å². The van der Waals surface area contributed by atoms with E-state index < -0.39 is 0 Å². The average molecular weight is 218 g/mol. The molecule has 0 bridgehead atoms. The number of hydrogen-bond acceptors (Lipinski definition) is 1. The molecular formula is C9H16BrN. The predicted molar refractivity (Wildman–Crippen MR) is 56.5 cm³/mol. The van der Waals surface area contributed by atoms with Gasteiger partial charge in [-0.25, -0.2) is 0 Å². The molecule has 0 aromatic rings. The fourth-order valence-electron chi connectivity index (χ4n) is 0.338. The molecule has 0 aliphatic rings. The van der Waals surface area contributed by atoms with Crippen LogP contribution in [0.15, 0.2) is 35.0 Å². The number of nitrogens with two attached hydrogens (primary N) is 1. The molecule has 2 N–H and O–H groups in total. The third-order valence-corrected chi connectivity index (χ3v) is 1.57. The van der Waals surface area contributed by atoms with Crippen molar-refractivity contribution in [1.82, 2.24) is 0 Å². The van der Waals surface area contributed by atoms with E-state index in [0.29, 0.717) is 0 Å². The van der Waals surface area contributed by atoms with Crippen molar-refractivity contribution in [1.29, 1.82) is 0 Å². The Morgan fingerprint density at radius 2 is 1.91 bits per heavy atom. The number of hydrogen-bond donors (Lipinski definition) is 1. The van der Waals surface area contributed by atoms with Crippen LogP contribution >= 0.6 is 15.9 Å². The summed E-state index contributed by atoms with van der Waals surface area (Å²) < 4.78 is 0.875. The van der Waals surface area contributed by atoms with Crippen LogP contribution in [0.4, 0.5) is 0 Å². The SMILES string of the molecule is C=C/C=C(Br)\C(N)=C/C.CC. The molecule has 0 amide bonds. The number of rotatable bonds is 2. The highest BCUT2D eigenvalue weighted by Crippen LogP contribution is 2.11. The van der Waals surface area contributed by atoms with Gasteiger partial charge in [0.2, 0.25) is 0 Å². The lowest BCUT2D eigenvalue weighted by Crippen LogP contribution is -1.94. The molecule has 0 aromatic heterocycles. The van der Waals surface area contributed by atoms with Gasteiger partial charge in [-0.05, 0) is 28.9 Å². The minimum atomic E-state index is 0.731. The third kappa shape index (κ3) is 7.40. The van der Waals surface area contributed by atoms with Crippen LogP contribution in [-0.4, -0.2) is 0 Å². The highest BCUT2D eigenvalue weighted by Gasteiger charge is 1.89. The largest absolute Gasteiger partial charge is 0.398 e. The molecule has 0 unspecified atom stereocenters. The van der Waals surface area contributed by atoms with E-state index in [1.165, 1.54) is 0 Å². The molecular weight excluding hydrogens is 202 g/mol. The molecule has 2 heteroatoms. The Labute approximate surface area is 77.8 Å². The van der Waals surface area contributed by atoms with E-state index in [1.807, 2.05) is 26.8 Å². The zero-order valence-electron chi connectivity index (χ0n) is 7.39. The lowest BCUT2D eigenvalue weighted by atomic mass is 10.4. The summed E-state index contributed by atoms with van der Waals surface area (Å²) in [7, 11) is 0. The lowest BCUT2D eigenvalue weighted by Gasteiger charge is -1.93. The minimum absolute atomic E-state index is 0.731. The first-order chi connectivity index (χ1) is 5.22. The van der Waals surface area contributed by atoms with Crippen molar-refractivity contribution < 1.29 is 0 Å². The summed E-state index contributed by atoms with van der Waals surface area (Å²) in [6.45, 7) is 9.41. The standard InChI is InChI=1S/C7H10BrN.C2H6/c1-3-5-6(8)7(9)4-2;1-2/h3-5H,1,9H2,2H3;1-2H3/b6-5+,7-4+;. The van der Waals surface area contributed by atoms with Gasteiger partial charge in [-0.1, -0.05) is 32.6 Å². The van der Waals surface area contributed by atoms with Crippen molar-refractivity contribution in [2.45, 2.75) is 20.8 Å². The minimum Gasteiger partial charge on any atom is -0.398 e. The Hall–Kier alpha value is -0.500. The van der Waals surface area contributed by atoms with E-state index in [0.717, 1.165) is 10.2 Å². The summed E-state index contributed by atoms with van der Waals surface area (Å²) in [4.78, 5) is 0. The van der Waals surface area contributed by atoms with Crippen molar-refractivity contribution in [3.8, 4) is 0 Å². The van der Waals surface area contributed by atoms with Gasteiger partial charge in [-0.3, -0.25) is 0 Å². The maximum atomic E-state index is 5.50. The summed E-state index contributed by atoms with van der Waals surface area (Å²) in [6, 6.07) is 0. The van der Waals surface area contributed by atoms with Gasteiger partial charge in [0.15, 0.2) is 0 Å². The van der Waals surface area contributed by atoms with E-state index in [2.05, 4.69) is 22.5 Å². The summed E-state index contributed by atoms with van der Waals surface area (Å²) in [6.07, 6.45) is 5.31. The molecule has 0 atom stereocenters. The van der Waals surface area contributed by atoms with Gasteiger partial charge in [0, 0.05) is 10.2 Å². The van der Waals surface area contributed by atoms with Gasteiger partial charge in [-0.2, -0.15) is 0 Å². The second-order valence-corrected chi connectivity index (χ2v) is 2.35. The molecule has 0 saturated carbocycles. The van der Waals surface area contributed by atoms with Gasteiger partial charge in [0.05, 0.1) is 0 Å². The van der Waals surface area contributed by atoms with Gasteiger partial charge in [0.25, 0.3) is 0 Å². The lowest BCUT2D eigenvalue weighted by molar-refractivity contribution is 1.38. The zero-order valence-corrected chi connectivity index (χ0v) is 8.98. The molecule has 0 aliphatic heterocycles. The van der Waals surface area contributed by atoms with Crippen molar-refractivity contribution in [2.24, 2.45) is 5.73 Å². The van der Waals surface area contributed by atoms with Crippen LogP contribution < -0.4 is 5.73 Å². The van der Waals surface area contributed by atoms with E-state index in [9.17, 15) is 0 Å². The molecule has 1 nitrogen and oxygen atoms in total. The monoisotopic (exact) mass is 217 g/mol. The van der Waals surface area contributed by atoms with Crippen molar-refractivity contribution >= 4 is 15.9 Å². The maximum Gasteiger partial charge on any atom is 0.0415 e. The summed E-state index contributed by atoms with van der Waals surface area (Å²) >= 11 is 3.26. The molecule has 0 saturated heterocycles. The Morgan fingerprint density at radius 3 is 2.18 bits per heavy atom. The number of allylic oxidation sites excluding steroid dienone is 4. The second-order valence-electron chi connectivity index (χ2n) is 1.49. The van der Waals surface area contributed by atoms with Crippen molar-refractivity contribution in [2.75, 3.05) is 0 Å². The highest BCUT2D eigenvalue weighted by molar-refractivity contribution is 9.12. The maximum absolute atomic E-state index is 5.50.